The maximum absolute atomic E-state index is 12.3. The van der Waals surface area contributed by atoms with Crippen molar-refractivity contribution in [3.8, 4) is 0 Å². The molecule has 0 unspecified atom stereocenters. The van der Waals surface area contributed by atoms with Crippen LogP contribution in [0.1, 0.15) is 23.6 Å². The summed E-state index contributed by atoms with van der Waals surface area (Å²) in [6, 6.07) is 14.6. The molecule has 2 rings (SSSR count). The number of hydrogen-bond acceptors (Lipinski definition) is 4. The first-order valence-corrected chi connectivity index (χ1v) is 9.78. The van der Waals surface area contributed by atoms with Gasteiger partial charge in [-0.05, 0) is 17.0 Å². The molecule has 1 N–H and O–H groups in total. The second-order valence-corrected chi connectivity index (χ2v) is 6.68. The van der Waals surface area contributed by atoms with Crippen LogP contribution in [0, 0.1) is 6.08 Å². The van der Waals surface area contributed by atoms with Crippen molar-refractivity contribution in [2.75, 3.05) is 13.2 Å². The van der Waals surface area contributed by atoms with Gasteiger partial charge in [0, 0.05) is 5.76 Å². The number of nitrogens with one attached hydrogen (secondary N) is 1. The van der Waals surface area contributed by atoms with Gasteiger partial charge in [-0.25, -0.2) is 0 Å². The Morgan fingerprint density at radius 1 is 1.19 bits per heavy atom. The van der Waals surface area contributed by atoms with Gasteiger partial charge in [-0.2, -0.15) is 12.6 Å². The predicted molar refractivity (Wildman–Crippen MR) is 118 cm³/mol. The molecule has 0 fully saturated rings. The van der Waals surface area contributed by atoms with Crippen LogP contribution >= 0.6 is 15.9 Å². The molecule has 0 spiro atoms. The van der Waals surface area contributed by atoms with Gasteiger partial charge in [-0.1, -0.05) is 64.0 Å². The molecule has 0 aromatic heterocycles. The standard InChI is InChI=1S/C22H19BrN3O4.Li/c1-2-29-22(28)13-26-21(27)11-20(30-14-16-6-4-3-5-7-16)19-9-8-18(23)10-17(19)12-25-15-24;/h3-10,15H,2,13-14H2,1H3,(H,26,27);/q-3;+1. The van der Waals surface area contributed by atoms with E-state index < -0.39 is 11.9 Å². The Bertz CT molecular complexity index is 949. The molecular weight excluding hydrogens is 457 g/mol. The van der Waals surface area contributed by atoms with Gasteiger partial charge in [0.15, 0.2) is 5.91 Å². The summed E-state index contributed by atoms with van der Waals surface area (Å²) >= 11 is 3.36. The fraction of sp³-hybridized carbons (Fsp3) is 0.182. The smallest absolute Gasteiger partial charge is 0.543 e. The quantitative estimate of drug-likeness (QED) is 0.102. The van der Waals surface area contributed by atoms with Crippen LogP contribution in [0.3, 0.4) is 0 Å². The Balaban J connectivity index is 0.00000480. The summed E-state index contributed by atoms with van der Waals surface area (Å²) in [6.07, 6.45) is 5.88. The molecule has 0 heterocycles. The maximum atomic E-state index is 12.3. The molecule has 0 aliphatic heterocycles. The average Bonchev–Trinajstić information content (AvgIpc) is 2.75. The van der Waals surface area contributed by atoms with Gasteiger partial charge in [0.1, 0.15) is 13.2 Å². The second-order valence-electron chi connectivity index (χ2n) is 5.76. The van der Waals surface area contributed by atoms with Crippen LogP contribution in [0.25, 0.3) is 11.2 Å². The summed E-state index contributed by atoms with van der Waals surface area (Å²) in [5, 5.41) is 11.3. The van der Waals surface area contributed by atoms with Crippen LogP contribution in [0.5, 0.6) is 0 Å². The van der Waals surface area contributed by atoms with E-state index in [1.54, 1.807) is 25.1 Å². The van der Waals surface area contributed by atoms with E-state index in [0.717, 1.165) is 10.0 Å². The molecule has 2 aromatic carbocycles. The van der Waals surface area contributed by atoms with E-state index >= 15 is 0 Å². The van der Waals surface area contributed by atoms with E-state index in [2.05, 4.69) is 38.5 Å². The number of nitrogens with zero attached hydrogens (tertiary/aromatic N) is 2. The van der Waals surface area contributed by atoms with Gasteiger partial charge in [0.25, 0.3) is 0 Å². The summed E-state index contributed by atoms with van der Waals surface area (Å²) in [4.78, 5) is 27.4. The summed E-state index contributed by atoms with van der Waals surface area (Å²) in [5.41, 5.74) is 1.83. The molecule has 1 amide bonds. The molecule has 0 aliphatic rings. The van der Waals surface area contributed by atoms with Gasteiger partial charge < -0.3 is 25.2 Å². The average molecular weight is 476 g/mol. The number of benzene rings is 2. The van der Waals surface area contributed by atoms with Crippen molar-refractivity contribution < 1.29 is 37.9 Å². The predicted octanol–water partition coefficient (Wildman–Crippen LogP) is 0.387. The van der Waals surface area contributed by atoms with Crippen LogP contribution in [-0.2, 0) is 25.7 Å². The fourth-order valence-electron chi connectivity index (χ4n) is 2.33. The first-order chi connectivity index (χ1) is 14.5. The van der Waals surface area contributed by atoms with Crippen molar-refractivity contribution >= 4 is 46.1 Å². The van der Waals surface area contributed by atoms with Crippen LogP contribution < -0.4 is 24.2 Å². The van der Waals surface area contributed by atoms with E-state index in [1.165, 1.54) is 0 Å². The Hall–Kier alpha value is -2.66. The number of amides is 1. The SMILES string of the molecule is CCOC(=O)CNC(=O)[C-]=C(OCc1ccccc1)c1ccc(Br)cc1[C-]=NC=[N-].[Li+]. The van der Waals surface area contributed by atoms with E-state index in [4.69, 9.17) is 14.9 Å². The molecule has 7 nitrogen and oxygen atoms in total. The zero-order valence-corrected chi connectivity index (χ0v) is 18.8. The van der Waals surface area contributed by atoms with Gasteiger partial charge in [0.05, 0.1) is 6.61 Å². The van der Waals surface area contributed by atoms with Crippen molar-refractivity contribution in [1.82, 2.24) is 5.32 Å². The Morgan fingerprint density at radius 2 is 1.94 bits per heavy atom. The molecule has 31 heavy (non-hydrogen) atoms. The molecule has 0 atom stereocenters. The third-order valence-electron chi connectivity index (χ3n) is 3.62. The van der Waals surface area contributed by atoms with Gasteiger partial charge in [-0.3, -0.25) is 9.59 Å². The topological polar surface area (TPSA) is 99.3 Å². The van der Waals surface area contributed by atoms with Crippen LogP contribution in [0.4, 0.5) is 0 Å². The van der Waals surface area contributed by atoms with Gasteiger partial charge in [-0.15, -0.1) is 17.7 Å². The molecule has 0 saturated carbocycles. The second kappa shape index (κ2) is 14.4. The number of rotatable bonds is 10. The Kier molecular flexibility index (Phi) is 12.2. The number of hydrogen-bond donors (Lipinski definition) is 1. The minimum atomic E-state index is -0.648. The third-order valence-corrected chi connectivity index (χ3v) is 4.11. The van der Waals surface area contributed by atoms with E-state index in [-0.39, 0.29) is 44.4 Å². The van der Waals surface area contributed by atoms with E-state index in [9.17, 15) is 9.59 Å². The van der Waals surface area contributed by atoms with E-state index in [1.807, 2.05) is 30.3 Å². The number of carbonyl (C=O) groups excluding carboxylic acids is 2. The van der Waals surface area contributed by atoms with Crippen LogP contribution in [0.15, 0.2) is 58.0 Å². The van der Waals surface area contributed by atoms with Crippen molar-refractivity contribution in [2.45, 2.75) is 13.5 Å². The van der Waals surface area contributed by atoms with Crippen LogP contribution in [0.2, 0.25) is 0 Å². The molecule has 0 bridgehead atoms. The van der Waals surface area contributed by atoms with Gasteiger partial charge in [0.2, 0.25) is 0 Å². The Labute approximate surface area is 201 Å². The van der Waals surface area contributed by atoms with Gasteiger partial charge >= 0.3 is 24.8 Å². The number of ether oxygens (including phenoxy) is 2. The minimum absolute atomic E-state index is 0. The Morgan fingerprint density at radius 3 is 2.61 bits per heavy atom. The zero-order valence-electron chi connectivity index (χ0n) is 17.2. The molecule has 2 aromatic rings. The number of carbonyl (C=O) groups is 2. The van der Waals surface area contributed by atoms with Crippen molar-refractivity contribution in [3.05, 3.63) is 81.2 Å². The van der Waals surface area contributed by atoms with Crippen molar-refractivity contribution in [2.24, 2.45) is 4.99 Å². The summed E-state index contributed by atoms with van der Waals surface area (Å²) in [5.74, 6) is -1.07. The van der Waals surface area contributed by atoms with Crippen molar-refractivity contribution in [1.29, 1.82) is 0 Å². The normalized spacial score (nSPS) is 10.8. The summed E-state index contributed by atoms with van der Waals surface area (Å²) in [7, 11) is 0. The van der Waals surface area contributed by atoms with Crippen molar-refractivity contribution in [3.63, 3.8) is 0 Å². The zero-order chi connectivity index (χ0) is 21.8. The maximum Gasteiger partial charge on any atom is 1.00 e. The molecule has 156 valence electrons. The largest absolute Gasteiger partial charge is 1.00 e. The first-order valence-electron chi connectivity index (χ1n) is 8.99. The number of aliphatic imine (C=N–C) groups is 1. The third kappa shape index (κ3) is 9.34. The number of esters is 1. The molecular formula is C22H19BrLiN3O4-2. The van der Waals surface area contributed by atoms with E-state index in [0.29, 0.717) is 17.5 Å². The molecule has 0 saturated heterocycles. The fourth-order valence-corrected chi connectivity index (χ4v) is 2.69. The van der Waals surface area contributed by atoms with Crippen LogP contribution in [-0.4, -0.2) is 37.6 Å². The summed E-state index contributed by atoms with van der Waals surface area (Å²) < 4.78 is 11.4. The molecule has 9 heteroatoms. The molecule has 0 radical (unpaired) electrons. The number of halogens is 1. The monoisotopic (exact) mass is 475 g/mol. The molecule has 0 aliphatic carbocycles. The summed E-state index contributed by atoms with van der Waals surface area (Å²) in [6.45, 7) is 1.80. The minimum Gasteiger partial charge on any atom is -0.543 e. The first kappa shape index (κ1) is 26.4.